The fourth-order valence-electron chi connectivity index (χ4n) is 2.09. The van der Waals surface area contributed by atoms with E-state index in [1.807, 2.05) is 20.1 Å². The van der Waals surface area contributed by atoms with Gasteiger partial charge in [0.05, 0.1) is 11.5 Å². The van der Waals surface area contributed by atoms with E-state index in [2.05, 4.69) is 10.0 Å². The highest BCUT2D eigenvalue weighted by atomic mass is 32.2. The van der Waals surface area contributed by atoms with Gasteiger partial charge in [0.15, 0.2) is 0 Å². The normalized spacial score (nSPS) is 14.2. The topological polar surface area (TPSA) is 84.5 Å². The summed E-state index contributed by atoms with van der Waals surface area (Å²) in [7, 11) is -2.20. The van der Waals surface area contributed by atoms with E-state index >= 15 is 0 Å². The fraction of sp³-hybridized carbons (Fsp3) is 0.562. The Bertz CT molecular complexity index is 617. The molecule has 0 saturated heterocycles. The number of carbonyl (C=O) groups is 1. The van der Waals surface area contributed by atoms with E-state index in [-0.39, 0.29) is 16.8 Å². The molecule has 0 fully saturated rings. The number of methoxy groups -OCH3 is 1. The highest BCUT2D eigenvalue weighted by Gasteiger charge is 2.26. The van der Waals surface area contributed by atoms with Crippen molar-refractivity contribution in [3.8, 4) is 0 Å². The molecule has 0 aliphatic rings. The molecule has 0 spiro atoms. The first-order valence-corrected chi connectivity index (χ1v) is 10.5. The van der Waals surface area contributed by atoms with Gasteiger partial charge in [0, 0.05) is 13.2 Å². The van der Waals surface area contributed by atoms with Crippen LogP contribution in [0.1, 0.15) is 18.9 Å². The Morgan fingerprint density at radius 1 is 1.29 bits per heavy atom. The third kappa shape index (κ3) is 6.80. The Labute approximate surface area is 148 Å². The lowest BCUT2D eigenvalue weighted by Crippen LogP contribution is -2.50. The van der Waals surface area contributed by atoms with Gasteiger partial charge in [-0.15, -0.1) is 0 Å². The second kappa shape index (κ2) is 10.0. The summed E-state index contributed by atoms with van der Waals surface area (Å²) in [5.74, 6) is 0.331. The molecule has 0 aliphatic heterocycles. The molecule has 1 rings (SSSR count). The van der Waals surface area contributed by atoms with Crippen molar-refractivity contribution in [2.45, 2.75) is 37.2 Å². The van der Waals surface area contributed by atoms with Crippen LogP contribution in [0.3, 0.4) is 0 Å². The average molecular weight is 375 g/mol. The Kier molecular flexibility index (Phi) is 8.75. The van der Waals surface area contributed by atoms with Crippen LogP contribution in [-0.4, -0.2) is 52.1 Å². The van der Waals surface area contributed by atoms with Crippen molar-refractivity contribution in [2.75, 3.05) is 25.7 Å². The van der Waals surface area contributed by atoms with Gasteiger partial charge in [0.1, 0.15) is 6.04 Å². The van der Waals surface area contributed by atoms with E-state index in [0.29, 0.717) is 18.8 Å². The number of sulfonamides is 1. The number of nitrogens with one attached hydrogen (secondary N) is 2. The molecule has 0 aromatic heterocycles. The van der Waals surface area contributed by atoms with Crippen LogP contribution in [0.2, 0.25) is 0 Å². The van der Waals surface area contributed by atoms with Crippen molar-refractivity contribution < 1.29 is 17.9 Å². The van der Waals surface area contributed by atoms with Crippen molar-refractivity contribution >= 4 is 27.7 Å². The van der Waals surface area contributed by atoms with Gasteiger partial charge in [-0.25, -0.2) is 8.42 Å². The lowest BCUT2D eigenvalue weighted by molar-refractivity contribution is -0.123. The molecule has 0 heterocycles. The summed E-state index contributed by atoms with van der Waals surface area (Å²) in [6.45, 7) is 4.06. The molecule has 0 saturated carbocycles. The third-order valence-electron chi connectivity index (χ3n) is 3.36. The maximum atomic E-state index is 12.5. The van der Waals surface area contributed by atoms with Crippen molar-refractivity contribution in [1.29, 1.82) is 0 Å². The molecule has 0 aliphatic carbocycles. The first-order valence-electron chi connectivity index (χ1n) is 7.67. The molecule has 136 valence electrons. The highest BCUT2D eigenvalue weighted by molar-refractivity contribution is 7.98. The molecule has 0 unspecified atom stereocenters. The van der Waals surface area contributed by atoms with Crippen LogP contribution in [-0.2, 0) is 19.6 Å². The molecule has 24 heavy (non-hydrogen) atoms. The molecule has 6 nitrogen and oxygen atoms in total. The highest BCUT2D eigenvalue weighted by Crippen LogP contribution is 2.12. The number of thioether (sulfide) groups is 1. The largest absolute Gasteiger partial charge is 0.383 e. The number of hydrogen-bond acceptors (Lipinski definition) is 5. The summed E-state index contributed by atoms with van der Waals surface area (Å²) >= 11 is 1.56. The molecular weight excluding hydrogens is 348 g/mol. The first-order chi connectivity index (χ1) is 11.3. The Balaban J connectivity index is 2.87. The molecule has 1 amide bonds. The Morgan fingerprint density at radius 3 is 2.46 bits per heavy atom. The van der Waals surface area contributed by atoms with Crippen LogP contribution in [0.15, 0.2) is 29.2 Å². The molecule has 1 aromatic rings. The molecular formula is C16H26N2O4S2. The number of benzene rings is 1. The summed E-state index contributed by atoms with van der Waals surface area (Å²) in [5, 5.41) is 2.77. The maximum absolute atomic E-state index is 12.5. The average Bonchev–Trinajstić information content (AvgIpc) is 2.51. The van der Waals surface area contributed by atoms with Crippen LogP contribution >= 0.6 is 11.8 Å². The maximum Gasteiger partial charge on any atom is 0.241 e. The summed E-state index contributed by atoms with van der Waals surface area (Å²) < 4.78 is 32.5. The zero-order valence-electron chi connectivity index (χ0n) is 14.5. The van der Waals surface area contributed by atoms with Gasteiger partial charge in [0.25, 0.3) is 0 Å². The lowest BCUT2D eigenvalue weighted by atomic mass is 10.2. The Hall–Kier alpha value is -1.09. The van der Waals surface area contributed by atoms with Gasteiger partial charge in [-0.3, -0.25) is 4.79 Å². The van der Waals surface area contributed by atoms with Gasteiger partial charge < -0.3 is 10.1 Å². The van der Waals surface area contributed by atoms with Gasteiger partial charge in [-0.1, -0.05) is 17.7 Å². The minimum Gasteiger partial charge on any atom is -0.383 e. The standard InChI is InChI=1S/C16H26N2O4S2/c1-12-5-7-14(8-6-12)24(20,21)18-15(9-10-23-4)16(19)17-13(2)11-22-3/h5-8,13,15,18H,9-11H2,1-4H3,(H,17,19)/t13-,15-/m1/s1. The second-order valence-electron chi connectivity index (χ2n) is 5.63. The van der Waals surface area contributed by atoms with E-state index < -0.39 is 16.1 Å². The fourth-order valence-corrected chi connectivity index (χ4v) is 3.79. The molecule has 8 heteroatoms. The summed E-state index contributed by atoms with van der Waals surface area (Å²) in [4.78, 5) is 12.5. The van der Waals surface area contributed by atoms with Gasteiger partial charge in [0.2, 0.25) is 15.9 Å². The van der Waals surface area contributed by atoms with E-state index in [9.17, 15) is 13.2 Å². The summed E-state index contributed by atoms with van der Waals surface area (Å²) in [6, 6.07) is 5.52. The van der Waals surface area contributed by atoms with E-state index in [1.54, 1.807) is 31.0 Å². The number of aryl methyl sites for hydroxylation is 1. The number of rotatable bonds is 10. The van der Waals surface area contributed by atoms with Crippen LogP contribution in [0, 0.1) is 6.92 Å². The Morgan fingerprint density at radius 2 is 1.92 bits per heavy atom. The van der Waals surface area contributed by atoms with Crippen LogP contribution in [0.4, 0.5) is 0 Å². The van der Waals surface area contributed by atoms with E-state index in [0.717, 1.165) is 5.56 Å². The molecule has 0 radical (unpaired) electrons. The smallest absolute Gasteiger partial charge is 0.241 e. The minimum atomic E-state index is -3.75. The lowest BCUT2D eigenvalue weighted by Gasteiger charge is -2.21. The van der Waals surface area contributed by atoms with Crippen LogP contribution < -0.4 is 10.0 Å². The number of carbonyl (C=O) groups excluding carboxylic acids is 1. The van der Waals surface area contributed by atoms with Crippen molar-refractivity contribution in [3.05, 3.63) is 29.8 Å². The van der Waals surface area contributed by atoms with Gasteiger partial charge >= 0.3 is 0 Å². The molecule has 0 bridgehead atoms. The summed E-state index contributed by atoms with van der Waals surface area (Å²) in [6.07, 6.45) is 2.33. The van der Waals surface area contributed by atoms with Crippen molar-refractivity contribution in [2.24, 2.45) is 0 Å². The van der Waals surface area contributed by atoms with Crippen LogP contribution in [0.25, 0.3) is 0 Å². The number of hydrogen-bond donors (Lipinski definition) is 2. The van der Waals surface area contributed by atoms with Crippen LogP contribution in [0.5, 0.6) is 0 Å². The monoisotopic (exact) mass is 374 g/mol. The number of ether oxygens (including phenoxy) is 1. The predicted octanol–water partition coefficient (Wildman–Crippen LogP) is 1.55. The zero-order valence-corrected chi connectivity index (χ0v) is 16.2. The van der Waals surface area contributed by atoms with Crippen molar-refractivity contribution in [1.82, 2.24) is 10.0 Å². The SMILES string of the molecule is COC[C@@H](C)NC(=O)[C@@H](CCSC)NS(=O)(=O)c1ccc(C)cc1. The van der Waals surface area contributed by atoms with E-state index in [4.69, 9.17) is 4.74 Å². The third-order valence-corrected chi connectivity index (χ3v) is 5.49. The molecule has 1 aromatic carbocycles. The molecule has 2 atom stereocenters. The minimum absolute atomic E-state index is 0.153. The van der Waals surface area contributed by atoms with Crippen molar-refractivity contribution in [3.63, 3.8) is 0 Å². The molecule has 2 N–H and O–H groups in total. The van der Waals surface area contributed by atoms with Gasteiger partial charge in [-0.05, 0) is 44.4 Å². The summed E-state index contributed by atoms with van der Waals surface area (Å²) in [5.41, 5.74) is 0.971. The first kappa shape index (κ1) is 21.0. The second-order valence-corrected chi connectivity index (χ2v) is 8.33. The quantitative estimate of drug-likeness (QED) is 0.649. The predicted molar refractivity (Wildman–Crippen MR) is 97.8 cm³/mol. The zero-order chi connectivity index (χ0) is 18.2. The van der Waals surface area contributed by atoms with Gasteiger partial charge in [-0.2, -0.15) is 16.5 Å². The van der Waals surface area contributed by atoms with E-state index in [1.165, 1.54) is 12.1 Å². The number of amides is 1.